The third-order valence-electron chi connectivity index (χ3n) is 4.91. The first kappa shape index (κ1) is 18.8. The lowest BCUT2D eigenvalue weighted by atomic mass is 10.0. The zero-order valence-corrected chi connectivity index (χ0v) is 15.8. The summed E-state index contributed by atoms with van der Waals surface area (Å²) in [5.41, 5.74) is 0.0893. The average molecular weight is 372 g/mol. The van der Waals surface area contributed by atoms with Crippen LogP contribution in [0.25, 0.3) is 0 Å². The predicted molar refractivity (Wildman–Crippen MR) is 102 cm³/mol. The molecule has 0 radical (unpaired) electrons. The second kappa shape index (κ2) is 7.69. The molecule has 1 atom stereocenters. The molecular weight excluding hydrogens is 348 g/mol. The Labute approximate surface area is 157 Å². The lowest BCUT2D eigenvalue weighted by Gasteiger charge is -2.34. The molecule has 1 fully saturated rings. The van der Waals surface area contributed by atoms with Crippen molar-refractivity contribution in [3.05, 3.63) is 56.9 Å². The summed E-state index contributed by atoms with van der Waals surface area (Å²) in [6, 6.07) is 8.95. The van der Waals surface area contributed by atoms with Gasteiger partial charge in [-0.2, -0.15) is 0 Å². The molecule has 0 bridgehead atoms. The summed E-state index contributed by atoms with van der Waals surface area (Å²) in [7, 11) is 4.53. The molecule has 2 aromatic rings. The molecule has 8 nitrogen and oxygen atoms in total. The second-order valence-electron chi connectivity index (χ2n) is 6.73. The molecule has 2 heterocycles. The van der Waals surface area contributed by atoms with Crippen molar-refractivity contribution in [3.63, 3.8) is 0 Å². The van der Waals surface area contributed by atoms with Crippen LogP contribution in [-0.2, 0) is 14.1 Å². The average Bonchev–Trinajstić information content (AvgIpc) is 2.69. The number of carbonyl (C=O) groups excluding carboxylic acids is 1. The minimum Gasteiger partial charge on any atom is -0.497 e. The van der Waals surface area contributed by atoms with E-state index in [1.165, 1.54) is 24.7 Å². The highest BCUT2D eigenvalue weighted by molar-refractivity contribution is 5.92. The number of hydrogen-bond acceptors (Lipinski definition) is 5. The molecule has 27 heavy (non-hydrogen) atoms. The molecule has 1 aliphatic heterocycles. The normalized spacial score (nSPS) is 16.9. The number of likely N-dealkylation sites (tertiary alicyclic amines) is 1. The van der Waals surface area contributed by atoms with Gasteiger partial charge in [0.25, 0.3) is 11.5 Å². The number of aromatic nitrogens is 2. The van der Waals surface area contributed by atoms with Gasteiger partial charge < -0.3 is 15.0 Å². The van der Waals surface area contributed by atoms with Crippen molar-refractivity contribution in [2.75, 3.05) is 25.5 Å². The zero-order valence-electron chi connectivity index (χ0n) is 15.8. The minimum absolute atomic E-state index is 0.0969. The number of piperidine rings is 1. The maximum absolute atomic E-state index is 12.9. The summed E-state index contributed by atoms with van der Waals surface area (Å²) >= 11 is 0. The number of benzene rings is 1. The zero-order chi connectivity index (χ0) is 19.6. The fourth-order valence-corrected chi connectivity index (χ4v) is 3.30. The van der Waals surface area contributed by atoms with E-state index < -0.39 is 11.2 Å². The van der Waals surface area contributed by atoms with Gasteiger partial charge in [0, 0.05) is 45.0 Å². The van der Waals surface area contributed by atoms with E-state index in [4.69, 9.17) is 4.74 Å². The van der Waals surface area contributed by atoms with Crippen LogP contribution in [0, 0.1) is 0 Å². The molecule has 1 aromatic carbocycles. The van der Waals surface area contributed by atoms with E-state index in [1.54, 1.807) is 12.0 Å². The first-order chi connectivity index (χ1) is 12.9. The van der Waals surface area contributed by atoms with Crippen LogP contribution in [0.4, 0.5) is 5.69 Å². The van der Waals surface area contributed by atoms with Crippen molar-refractivity contribution in [1.82, 2.24) is 14.0 Å². The highest BCUT2D eigenvalue weighted by Gasteiger charge is 2.26. The number of hydrogen-bond donors (Lipinski definition) is 1. The number of nitrogens with zero attached hydrogens (tertiary/aromatic N) is 3. The van der Waals surface area contributed by atoms with Gasteiger partial charge in [0.2, 0.25) is 0 Å². The van der Waals surface area contributed by atoms with E-state index in [-0.39, 0.29) is 17.6 Å². The Morgan fingerprint density at radius 1 is 1.15 bits per heavy atom. The fourth-order valence-electron chi connectivity index (χ4n) is 3.30. The van der Waals surface area contributed by atoms with Crippen LogP contribution >= 0.6 is 0 Å². The van der Waals surface area contributed by atoms with Crippen LogP contribution in [0.2, 0.25) is 0 Å². The molecule has 1 amide bonds. The molecule has 1 aliphatic rings. The molecule has 3 rings (SSSR count). The number of carbonyl (C=O) groups is 1. The third-order valence-corrected chi connectivity index (χ3v) is 4.91. The van der Waals surface area contributed by atoms with E-state index in [9.17, 15) is 14.4 Å². The predicted octanol–water partition coefficient (Wildman–Crippen LogP) is 0.809. The van der Waals surface area contributed by atoms with E-state index >= 15 is 0 Å². The Bertz CT molecular complexity index is 946. The molecule has 0 spiro atoms. The van der Waals surface area contributed by atoms with Crippen LogP contribution in [-0.4, -0.2) is 46.2 Å². The summed E-state index contributed by atoms with van der Waals surface area (Å²) in [4.78, 5) is 38.6. The lowest BCUT2D eigenvalue weighted by Crippen LogP contribution is -2.48. The highest BCUT2D eigenvalue weighted by Crippen LogP contribution is 2.20. The topological polar surface area (TPSA) is 85.6 Å². The van der Waals surface area contributed by atoms with Crippen molar-refractivity contribution in [1.29, 1.82) is 0 Å². The molecule has 144 valence electrons. The first-order valence-electron chi connectivity index (χ1n) is 8.87. The Hall–Kier alpha value is -3.03. The van der Waals surface area contributed by atoms with Gasteiger partial charge in [-0.1, -0.05) is 0 Å². The second-order valence-corrected chi connectivity index (χ2v) is 6.73. The molecule has 0 saturated carbocycles. The summed E-state index contributed by atoms with van der Waals surface area (Å²) in [6.45, 7) is 1.11. The molecule has 0 unspecified atom stereocenters. The molecule has 1 saturated heterocycles. The van der Waals surface area contributed by atoms with Crippen LogP contribution in [0.1, 0.15) is 23.3 Å². The van der Waals surface area contributed by atoms with Crippen molar-refractivity contribution in [2.24, 2.45) is 14.1 Å². The van der Waals surface area contributed by atoms with Crippen LogP contribution < -0.4 is 21.3 Å². The molecule has 8 heteroatoms. The monoisotopic (exact) mass is 372 g/mol. The van der Waals surface area contributed by atoms with E-state index in [0.29, 0.717) is 13.1 Å². The summed E-state index contributed by atoms with van der Waals surface area (Å²) < 4.78 is 7.37. The standard InChI is InChI=1S/C19H24N4O4/c1-21-16(11-17(24)22(2)19(21)26)18(25)23-10-4-5-14(12-23)20-13-6-8-15(27-3)9-7-13/h6-9,11,14,20H,4-5,10,12H2,1-3H3/t14-/m0/s1. The lowest BCUT2D eigenvalue weighted by molar-refractivity contribution is 0.0702. The number of methoxy groups -OCH3 is 1. The van der Waals surface area contributed by atoms with Gasteiger partial charge in [-0.15, -0.1) is 0 Å². The highest BCUT2D eigenvalue weighted by atomic mass is 16.5. The van der Waals surface area contributed by atoms with Crippen molar-refractivity contribution in [3.8, 4) is 5.75 Å². The van der Waals surface area contributed by atoms with E-state index in [2.05, 4.69) is 5.32 Å². The minimum atomic E-state index is -0.504. The number of anilines is 1. The van der Waals surface area contributed by atoms with Crippen LogP contribution in [0.15, 0.2) is 39.9 Å². The summed E-state index contributed by atoms with van der Waals surface area (Å²) in [5, 5.41) is 3.43. The van der Waals surface area contributed by atoms with Gasteiger partial charge in [-0.3, -0.25) is 18.7 Å². The quantitative estimate of drug-likeness (QED) is 0.858. The van der Waals surface area contributed by atoms with Crippen molar-refractivity contribution < 1.29 is 9.53 Å². The van der Waals surface area contributed by atoms with Gasteiger partial charge in [0.05, 0.1) is 7.11 Å². The summed E-state index contributed by atoms with van der Waals surface area (Å²) in [5.74, 6) is 0.487. The molecule has 1 aromatic heterocycles. The molecule has 1 N–H and O–H groups in total. The van der Waals surface area contributed by atoms with Crippen molar-refractivity contribution in [2.45, 2.75) is 18.9 Å². The Kier molecular flexibility index (Phi) is 5.34. The third kappa shape index (κ3) is 3.89. The van der Waals surface area contributed by atoms with Gasteiger partial charge in [-0.05, 0) is 37.1 Å². The Morgan fingerprint density at radius 2 is 1.85 bits per heavy atom. The fraction of sp³-hybridized carbons (Fsp3) is 0.421. The summed E-state index contributed by atoms with van der Waals surface area (Å²) in [6.07, 6.45) is 1.78. The SMILES string of the molecule is COc1ccc(N[C@H]2CCCN(C(=O)c3cc(=O)n(C)c(=O)n3C)C2)cc1. The maximum atomic E-state index is 12.9. The smallest absolute Gasteiger partial charge is 0.331 e. The van der Waals surface area contributed by atoms with E-state index in [0.717, 1.165) is 28.8 Å². The van der Waals surface area contributed by atoms with Gasteiger partial charge >= 0.3 is 5.69 Å². The van der Waals surface area contributed by atoms with Gasteiger partial charge in [0.15, 0.2) is 0 Å². The largest absolute Gasteiger partial charge is 0.497 e. The molecular formula is C19H24N4O4. The van der Waals surface area contributed by atoms with Crippen LogP contribution in [0.3, 0.4) is 0 Å². The number of nitrogens with one attached hydrogen (secondary N) is 1. The Balaban J connectivity index is 1.75. The van der Waals surface area contributed by atoms with Gasteiger partial charge in [0.1, 0.15) is 11.4 Å². The maximum Gasteiger partial charge on any atom is 0.331 e. The number of rotatable bonds is 4. The van der Waals surface area contributed by atoms with E-state index in [1.807, 2.05) is 24.3 Å². The Morgan fingerprint density at radius 3 is 2.52 bits per heavy atom. The molecule has 0 aliphatic carbocycles. The van der Waals surface area contributed by atoms with Crippen molar-refractivity contribution >= 4 is 11.6 Å². The number of ether oxygens (including phenoxy) is 1. The van der Waals surface area contributed by atoms with Crippen LogP contribution in [0.5, 0.6) is 5.75 Å². The van der Waals surface area contributed by atoms with Gasteiger partial charge in [-0.25, -0.2) is 4.79 Å². The first-order valence-corrected chi connectivity index (χ1v) is 8.87. The number of amides is 1.